The molecule has 6 heterocycles. The SMILES string of the molecule is O=C1CCC(=O)N1Cc1cc2nccc(-c3cc(Cl)cc4c3OC(c3onc5c3CC(N3CCC3)CC5)C4)c2s1. The Labute approximate surface area is 239 Å². The number of imide groups is 1. The van der Waals surface area contributed by atoms with Crippen molar-refractivity contribution in [2.45, 2.75) is 63.6 Å². The molecule has 4 aromatic rings. The number of amides is 2. The van der Waals surface area contributed by atoms with Gasteiger partial charge in [-0.05, 0) is 63.0 Å². The molecule has 3 aliphatic heterocycles. The van der Waals surface area contributed by atoms with E-state index in [1.165, 1.54) is 30.0 Å². The third-order valence-corrected chi connectivity index (χ3v) is 10.1. The standard InChI is InChI=1S/C30H27ClN4O4S/c31-17-10-16-11-25(29-22-13-18(34-8-1-9-34)2-3-23(22)33-39-29)38-28(16)21(12-17)20-6-7-32-24-14-19(40-30(20)24)15-35-26(36)4-5-27(35)37/h6-7,10,12,14,18,25H,1-5,8-9,11,13,15H2. The molecule has 10 heteroatoms. The first-order valence-electron chi connectivity index (χ1n) is 13.9. The molecule has 2 amide bonds. The first kappa shape index (κ1) is 24.5. The lowest BCUT2D eigenvalue weighted by molar-refractivity contribution is -0.138. The lowest BCUT2D eigenvalue weighted by atomic mass is 9.88. The Hall–Kier alpha value is -3.27. The first-order valence-corrected chi connectivity index (χ1v) is 15.1. The van der Waals surface area contributed by atoms with Crippen LogP contribution in [0.5, 0.6) is 5.75 Å². The van der Waals surface area contributed by atoms with Gasteiger partial charge >= 0.3 is 0 Å². The molecule has 0 bridgehead atoms. The molecule has 0 N–H and O–H groups in total. The maximum Gasteiger partial charge on any atom is 0.230 e. The Kier molecular flexibility index (Phi) is 5.76. The number of ether oxygens (including phenoxy) is 1. The molecule has 204 valence electrons. The number of aryl methyl sites for hydroxylation is 1. The minimum atomic E-state index is -0.248. The number of rotatable bonds is 5. The number of aromatic nitrogens is 2. The van der Waals surface area contributed by atoms with E-state index in [2.05, 4.69) is 15.0 Å². The van der Waals surface area contributed by atoms with Crippen LogP contribution >= 0.6 is 22.9 Å². The molecule has 3 aromatic heterocycles. The van der Waals surface area contributed by atoms with Gasteiger partial charge in [0, 0.05) is 63.7 Å². The van der Waals surface area contributed by atoms with Gasteiger partial charge in [0.2, 0.25) is 11.8 Å². The molecular weight excluding hydrogens is 548 g/mol. The molecule has 8 rings (SSSR count). The Morgan fingerprint density at radius 1 is 1.05 bits per heavy atom. The van der Waals surface area contributed by atoms with Crippen molar-refractivity contribution in [1.29, 1.82) is 0 Å². The summed E-state index contributed by atoms with van der Waals surface area (Å²) in [5.41, 5.74) is 6.03. The van der Waals surface area contributed by atoms with Crippen molar-refractivity contribution in [3.8, 4) is 16.9 Å². The number of carbonyl (C=O) groups excluding carboxylic acids is 2. The van der Waals surface area contributed by atoms with Crippen LogP contribution in [0, 0.1) is 0 Å². The van der Waals surface area contributed by atoms with Gasteiger partial charge < -0.3 is 9.26 Å². The second kappa shape index (κ2) is 9.39. The summed E-state index contributed by atoms with van der Waals surface area (Å²) in [7, 11) is 0. The highest BCUT2D eigenvalue weighted by Gasteiger charge is 2.38. The average molecular weight is 575 g/mol. The molecule has 0 radical (unpaired) electrons. The maximum absolute atomic E-state index is 12.2. The number of hydrogen-bond donors (Lipinski definition) is 0. The number of nitrogens with zero attached hydrogens (tertiary/aromatic N) is 4. The van der Waals surface area contributed by atoms with Crippen LogP contribution in [0.4, 0.5) is 0 Å². The molecule has 0 saturated carbocycles. The Morgan fingerprint density at radius 2 is 1.90 bits per heavy atom. The van der Waals surface area contributed by atoms with Gasteiger partial charge in [-0.1, -0.05) is 16.8 Å². The van der Waals surface area contributed by atoms with Gasteiger partial charge in [0.25, 0.3) is 0 Å². The van der Waals surface area contributed by atoms with E-state index in [9.17, 15) is 9.59 Å². The van der Waals surface area contributed by atoms with E-state index in [4.69, 9.17) is 20.9 Å². The number of pyridine rings is 1. The normalized spacial score (nSPS) is 22.5. The summed E-state index contributed by atoms with van der Waals surface area (Å²) >= 11 is 8.20. The topological polar surface area (TPSA) is 88.8 Å². The number of halogens is 1. The van der Waals surface area contributed by atoms with Crippen LogP contribution in [0.25, 0.3) is 21.3 Å². The van der Waals surface area contributed by atoms with Gasteiger partial charge in [0.15, 0.2) is 11.9 Å². The van der Waals surface area contributed by atoms with Gasteiger partial charge in [-0.3, -0.25) is 24.4 Å². The van der Waals surface area contributed by atoms with Crippen molar-refractivity contribution in [2.24, 2.45) is 0 Å². The Balaban J connectivity index is 1.13. The van der Waals surface area contributed by atoms with Crippen molar-refractivity contribution in [1.82, 2.24) is 19.9 Å². The van der Waals surface area contributed by atoms with Crippen LogP contribution in [0.2, 0.25) is 5.02 Å². The molecule has 0 spiro atoms. The van der Waals surface area contributed by atoms with Gasteiger partial charge in [-0.15, -0.1) is 11.3 Å². The first-order chi connectivity index (χ1) is 19.5. The zero-order chi connectivity index (χ0) is 27.0. The average Bonchev–Trinajstić information content (AvgIpc) is 3.69. The third-order valence-electron chi connectivity index (χ3n) is 8.77. The predicted molar refractivity (Wildman–Crippen MR) is 150 cm³/mol. The highest BCUT2D eigenvalue weighted by atomic mass is 35.5. The van der Waals surface area contributed by atoms with Crippen LogP contribution in [-0.4, -0.2) is 50.9 Å². The molecule has 1 aromatic carbocycles. The molecule has 2 atom stereocenters. The van der Waals surface area contributed by atoms with E-state index in [0.29, 0.717) is 17.5 Å². The van der Waals surface area contributed by atoms with Gasteiger partial charge in [0.1, 0.15) is 5.75 Å². The Morgan fingerprint density at radius 3 is 2.70 bits per heavy atom. The summed E-state index contributed by atoms with van der Waals surface area (Å²) < 4.78 is 13.6. The largest absolute Gasteiger partial charge is 0.481 e. The minimum absolute atomic E-state index is 0.117. The number of hydrogen-bond acceptors (Lipinski definition) is 8. The van der Waals surface area contributed by atoms with E-state index >= 15 is 0 Å². The van der Waals surface area contributed by atoms with Gasteiger partial charge in [-0.2, -0.15) is 0 Å². The van der Waals surface area contributed by atoms with Crippen molar-refractivity contribution >= 4 is 45.0 Å². The quantitative estimate of drug-likeness (QED) is 0.291. The van der Waals surface area contributed by atoms with Gasteiger partial charge in [0.05, 0.1) is 22.5 Å². The highest BCUT2D eigenvalue weighted by Crippen LogP contribution is 2.48. The van der Waals surface area contributed by atoms with Crippen molar-refractivity contribution in [3.05, 3.63) is 62.9 Å². The molecule has 1 aliphatic carbocycles. The zero-order valence-corrected chi connectivity index (χ0v) is 23.4. The van der Waals surface area contributed by atoms with E-state index < -0.39 is 0 Å². The van der Waals surface area contributed by atoms with Gasteiger partial charge in [-0.25, -0.2) is 0 Å². The number of thiophene rings is 1. The van der Waals surface area contributed by atoms with Crippen LogP contribution in [0.1, 0.15) is 59.2 Å². The second-order valence-corrected chi connectivity index (χ2v) is 12.7. The van der Waals surface area contributed by atoms with E-state index in [-0.39, 0.29) is 37.3 Å². The van der Waals surface area contributed by atoms with Crippen LogP contribution in [0.15, 0.2) is 35.0 Å². The molecule has 8 nitrogen and oxygen atoms in total. The molecular formula is C30H27ClN4O4S. The molecule has 2 saturated heterocycles. The van der Waals surface area contributed by atoms with E-state index in [0.717, 1.165) is 68.3 Å². The van der Waals surface area contributed by atoms with E-state index in [1.807, 2.05) is 24.3 Å². The maximum atomic E-state index is 12.2. The lowest BCUT2D eigenvalue weighted by Gasteiger charge is -2.40. The summed E-state index contributed by atoms with van der Waals surface area (Å²) in [6, 6.07) is 8.42. The van der Waals surface area contributed by atoms with Crippen LogP contribution in [-0.2, 0) is 35.4 Å². The number of benzene rings is 1. The number of fused-ring (bicyclic) bond motifs is 3. The molecule has 2 fully saturated rings. The fourth-order valence-electron chi connectivity index (χ4n) is 6.59. The lowest BCUT2D eigenvalue weighted by Crippen LogP contribution is -2.47. The smallest absolute Gasteiger partial charge is 0.230 e. The third kappa shape index (κ3) is 3.97. The summed E-state index contributed by atoms with van der Waals surface area (Å²) in [4.78, 5) is 33.8. The monoisotopic (exact) mass is 574 g/mol. The minimum Gasteiger partial charge on any atom is -0.481 e. The van der Waals surface area contributed by atoms with Crippen molar-refractivity contribution in [3.63, 3.8) is 0 Å². The number of carbonyl (C=O) groups is 2. The fraction of sp³-hybridized carbons (Fsp3) is 0.400. The molecule has 40 heavy (non-hydrogen) atoms. The summed E-state index contributed by atoms with van der Waals surface area (Å²) in [6.07, 6.45) is 7.09. The molecule has 2 unspecified atom stereocenters. The van der Waals surface area contributed by atoms with E-state index in [1.54, 1.807) is 17.5 Å². The van der Waals surface area contributed by atoms with Crippen LogP contribution < -0.4 is 4.74 Å². The van der Waals surface area contributed by atoms with Crippen LogP contribution in [0.3, 0.4) is 0 Å². The highest BCUT2D eigenvalue weighted by molar-refractivity contribution is 7.19. The molecule has 4 aliphatic rings. The Bertz CT molecular complexity index is 1680. The zero-order valence-electron chi connectivity index (χ0n) is 21.8. The predicted octanol–water partition coefficient (Wildman–Crippen LogP) is 5.49. The van der Waals surface area contributed by atoms with Crippen molar-refractivity contribution < 1.29 is 18.8 Å². The summed E-state index contributed by atoms with van der Waals surface area (Å²) in [6.45, 7) is 2.64. The summed E-state index contributed by atoms with van der Waals surface area (Å²) in [5.74, 6) is 1.42. The fourth-order valence-corrected chi connectivity index (χ4v) is 7.96. The number of likely N-dealkylation sites (tertiary alicyclic amines) is 2. The second-order valence-electron chi connectivity index (χ2n) is 11.2. The summed E-state index contributed by atoms with van der Waals surface area (Å²) in [5, 5.41) is 5.08. The van der Waals surface area contributed by atoms with Crippen molar-refractivity contribution in [2.75, 3.05) is 13.1 Å².